The number of aryl methyl sites for hydroxylation is 1. The van der Waals surface area contributed by atoms with Crippen molar-refractivity contribution < 1.29 is 9.90 Å². The predicted octanol–water partition coefficient (Wildman–Crippen LogP) is 2.48. The number of carboxylic acid groups (broad SMARTS) is 1. The lowest BCUT2D eigenvalue weighted by atomic mass is 9.31. The molecule has 4 heteroatoms. The van der Waals surface area contributed by atoms with Crippen molar-refractivity contribution in [2.24, 2.45) is 11.1 Å². The number of carboxylic acids is 1. The average Bonchev–Trinajstić information content (AvgIpc) is 2.16. The molecular weight excluding hydrogens is 250 g/mol. The number of benzene rings is 1. The van der Waals surface area contributed by atoms with Crippen LogP contribution in [0, 0.1) is 12.3 Å². The van der Waals surface area contributed by atoms with Crippen LogP contribution in [0.2, 0.25) is 5.02 Å². The highest BCUT2D eigenvalue weighted by Gasteiger charge is 2.71. The Morgan fingerprint density at radius 2 is 2.06 bits per heavy atom. The summed E-state index contributed by atoms with van der Waals surface area (Å²) in [7, 11) is 0. The molecule has 0 amide bonds. The van der Waals surface area contributed by atoms with Crippen molar-refractivity contribution in [3.63, 3.8) is 0 Å². The van der Waals surface area contributed by atoms with Crippen molar-refractivity contribution in [3.05, 3.63) is 34.3 Å². The largest absolute Gasteiger partial charge is 0.480 e. The van der Waals surface area contributed by atoms with E-state index in [-0.39, 0.29) is 10.8 Å². The van der Waals surface area contributed by atoms with E-state index in [1.807, 2.05) is 13.0 Å². The molecule has 0 spiro atoms. The Kier molecular flexibility index (Phi) is 2.32. The van der Waals surface area contributed by atoms with E-state index in [0.717, 1.165) is 35.4 Å². The lowest BCUT2D eigenvalue weighted by Gasteiger charge is -2.72. The third kappa shape index (κ3) is 1.38. The van der Waals surface area contributed by atoms with Gasteiger partial charge in [0, 0.05) is 5.02 Å². The topological polar surface area (TPSA) is 63.3 Å². The molecule has 18 heavy (non-hydrogen) atoms. The van der Waals surface area contributed by atoms with Gasteiger partial charge in [0.25, 0.3) is 0 Å². The van der Waals surface area contributed by atoms with Gasteiger partial charge in [-0.15, -0.1) is 0 Å². The average molecular weight is 266 g/mol. The van der Waals surface area contributed by atoms with Gasteiger partial charge in [-0.3, -0.25) is 4.79 Å². The smallest absolute Gasteiger partial charge is 0.321 e. The normalized spacial score (nSPS) is 34.4. The molecule has 4 rings (SSSR count). The van der Waals surface area contributed by atoms with E-state index in [1.165, 1.54) is 0 Å². The minimum atomic E-state index is -0.890. The lowest BCUT2D eigenvalue weighted by molar-refractivity contribution is -0.178. The number of aliphatic carboxylic acids is 1. The Bertz CT molecular complexity index is 521. The summed E-state index contributed by atoms with van der Waals surface area (Å²) in [4.78, 5) is 11.0. The molecule has 0 radical (unpaired) electrons. The van der Waals surface area contributed by atoms with Gasteiger partial charge in [-0.25, -0.2) is 0 Å². The van der Waals surface area contributed by atoms with Gasteiger partial charge in [-0.1, -0.05) is 23.7 Å². The van der Waals surface area contributed by atoms with E-state index in [2.05, 4.69) is 12.1 Å². The first kappa shape index (κ1) is 12.0. The first-order valence-electron chi connectivity index (χ1n) is 6.14. The van der Waals surface area contributed by atoms with E-state index in [0.29, 0.717) is 0 Å². The van der Waals surface area contributed by atoms with Crippen molar-refractivity contribution in [3.8, 4) is 0 Å². The first-order chi connectivity index (χ1) is 8.39. The van der Waals surface area contributed by atoms with Gasteiger partial charge in [0.1, 0.15) is 6.04 Å². The second kappa shape index (κ2) is 3.49. The summed E-state index contributed by atoms with van der Waals surface area (Å²) in [5.74, 6) is -0.890. The highest BCUT2D eigenvalue weighted by atomic mass is 35.5. The Morgan fingerprint density at radius 1 is 1.44 bits per heavy atom. The molecule has 1 aromatic rings. The molecule has 2 bridgehead atoms. The zero-order chi connectivity index (χ0) is 13.1. The molecule has 0 aromatic heterocycles. The molecule has 3 nitrogen and oxygen atoms in total. The van der Waals surface area contributed by atoms with Crippen molar-refractivity contribution in [2.45, 2.75) is 37.6 Å². The molecule has 3 aliphatic rings. The third-order valence-electron chi connectivity index (χ3n) is 4.69. The number of nitrogens with two attached hydrogens (primary N) is 1. The molecule has 3 saturated carbocycles. The zero-order valence-electron chi connectivity index (χ0n) is 10.2. The maximum absolute atomic E-state index is 11.0. The summed E-state index contributed by atoms with van der Waals surface area (Å²) in [5, 5.41) is 9.80. The molecule has 0 heterocycles. The molecule has 3 aliphatic carbocycles. The fourth-order valence-electron chi connectivity index (χ4n) is 3.79. The minimum absolute atomic E-state index is 0.0951. The number of rotatable bonds is 3. The van der Waals surface area contributed by atoms with Crippen molar-refractivity contribution in [2.75, 3.05) is 0 Å². The molecule has 3 fully saturated rings. The Morgan fingerprint density at radius 3 is 2.56 bits per heavy atom. The molecule has 3 N–H and O–H groups in total. The van der Waals surface area contributed by atoms with Crippen LogP contribution in [0.3, 0.4) is 0 Å². The van der Waals surface area contributed by atoms with E-state index in [1.54, 1.807) is 0 Å². The summed E-state index contributed by atoms with van der Waals surface area (Å²) >= 11 is 6.29. The maximum atomic E-state index is 11.0. The Hall–Kier alpha value is -1.06. The second-order valence-corrected chi connectivity index (χ2v) is 6.38. The molecule has 1 aromatic carbocycles. The van der Waals surface area contributed by atoms with Gasteiger partial charge in [0.05, 0.1) is 0 Å². The van der Waals surface area contributed by atoms with E-state index in [9.17, 15) is 4.79 Å². The summed E-state index contributed by atoms with van der Waals surface area (Å²) in [6.07, 6.45) is 2.57. The van der Waals surface area contributed by atoms with Crippen LogP contribution in [-0.2, 0) is 10.2 Å². The predicted molar refractivity (Wildman–Crippen MR) is 69.8 cm³/mol. The molecule has 1 unspecified atom stereocenters. The van der Waals surface area contributed by atoms with Crippen LogP contribution in [0.1, 0.15) is 30.4 Å². The number of hydrogen-bond acceptors (Lipinski definition) is 2. The van der Waals surface area contributed by atoms with Crippen LogP contribution in [0.4, 0.5) is 0 Å². The third-order valence-corrected chi connectivity index (χ3v) is 5.01. The van der Waals surface area contributed by atoms with Crippen LogP contribution in [0.15, 0.2) is 18.2 Å². The Labute approximate surface area is 111 Å². The van der Waals surface area contributed by atoms with Crippen LogP contribution < -0.4 is 5.73 Å². The number of halogens is 1. The van der Waals surface area contributed by atoms with Gasteiger partial charge in [0.15, 0.2) is 0 Å². The molecule has 0 aliphatic heterocycles. The van der Waals surface area contributed by atoms with E-state index < -0.39 is 12.0 Å². The summed E-state index contributed by atoms with van der Waals surface area (Å²) in [6.45, 7) is 2.01. The van der Waals surface area contributed by atoms with Gasteiger partial charge >= 0.3 is 5.97 Å². The van der Waals surface area contributed by atoms with Gasteiger partial charge in [0.2, 0.25) is 0 Å². The van der Waals surface area contributed by atoms with Gasteiger partial charge in [-0.2, -0.15) is 0 Å². The highest BCUT2D eigenvalue weighted by molar-refractivity contribution is 6.31. The Balaban J connectivity index is 1.82. The van der Waals surface area contributed by atoms with Gasteiger partial charge < -0.3 is 10.8 Å². The van der Waals surface area contributed by atoms with Crippen LogP contribution in [0.5, 0.6) is 0 Å². The fourth-order valence-corrected chi connectivity index (χ4v) is 4.23. The highest BCUT2D eigenvalue weighted by Crippen LogP contribution is 2.75. The quantitative estimate of drug-likeness (QED) is 0.883. The molecule has 1 atom stereocenters. The SMILES string of the molecule is Cc1ccc(C23CC(C(N)C(=O)O)(C2)C3)c(Cl)c1. The van der Waals surface area contributed by atoms with Crippen molar-refractivity contribution in [1.82, 2.24) is 0 Å². The minimum Gasteiger partial charge on any atom is -0.480 e. The van der Waals surface area contributed by atoms with Crippen molar-refractivity contribution >= 4 is 17.6 Å². The molecular formula is C14H16ClNO2. The van der Waals surface area contributed by atoms with E-state index >= 15 is 0 Å². The maximum Gasteiger partial charge on any atom is 0.321 e. The zero-order valence-corrected chi connectivity index (χ0v) is 11.0. The number of carbonyl (C=O) groups is 1. The van der Waals surface area contributed by atoms with Crippen molar-refractivity contribution in [1.29, 1.82) is 0 Å². The number of hydrogen-bond donors (Lipinski definition) is 2. The van der Waals surface area contributed by atoms with Crippen LogP contribution >= 0.6 is 11.6 Å². The lowest BCUT2D eigenvalue weighted by Crippen LogP contribution is -2.72. The standard InChI is InChI=1S/C14H16ClNO2/c1-8-2-3-9(10(15)4-8)13-5-14(6-13,7-13)11(16)12(17)18/h2-4,11H,5-7,16H2,1H3,(H,17,18). The summed E-state index contributed by atoms with van der Waals surface area (Å²) in [6, 6.07) is 5.38. The van der Waals surface area contributed by atoms with Crippen LogP contribution in [0.25, 0.3) is 0 Å². The van der Waals surface area contributed by atoms with E-state index in [4.69, 9.17) is 22.4 Å². The molecule has 0 saturated heterocycles. The van der Waals surface area contributed by atoms with Gasteiger partial charge in [-0.05, 0) is 54.2 Å². The van der Waals surface area contributed by atoms with Crippen LogP contribution in [-0.4, -0.2) is 17.1 Å². The second-order valence-electron chi connectivity index (χ2n) is 5.97. The summed E-state index contributed by atoms with van der Waals surface area (Å²) in [5.41, 5.74) is 7.98. The summed E-state index contributed by atoms with van der Waals surface area (Å²) < 4.78 is 0. The first-order valence-corrected chi connectivity index (χ1v) is 6.51. The fraction of sp³-hybridized carbons (Fsp3) is 0.500. The monoisotopic (exact) mass is 265 g/mol. The molecule has 96 valence electrons.